The Hall–Kier alpha value is -0.660. The van der Waals surface area contributed by atoms with Gasteiger partial charge >= 0.3 is 5.97 Å². The fraction of sp³-hybridized carbons (Fsp3) is 0.857. The van der Waals surface area contributed by atoms with Gasteiger partial charge in [-0.15, -0.1) is 0 Å². The van der Waals surface area contributed by atoms with Crippen LogP contribution in [0, 0.1) is 0 Å². The van der Waals surface area contributed by atoms with Gasteiger partial charge in [0.15, 0.2) is 0 Å². The highest BCUT2D eigenvalue weighted by Gasteiger charge is 2.17. The van der Waals surface area contributed by atoms with Crippen molar-refractivity contribution in [3.05, 3.63) is 0 Å². The van der Waals surface area contributed by atoms with Gasteiger partial charge in [-0.1, -0.05) is 13.3 Å². The fourth-order valence-corrected chi connectivity index (χ4v) is 1.80. The molecular weight excluding hydrogens is 208 g/mol. The smallest absolute Gasteiger partial charge is 0.304 e. The molecule has 0 saturated heterocycles. The number of hydrogen-bond donors (Lipinski definition) is 3. The first-order valence-corrected chi connectivity index (χ1v) is 5.82. The quantitative estimate of drug-likeness (QED) is 0.552. The van der Waals surface area contributed by atoms with E-state index < -0.39 is 22.2 Å². The number of aliphatic carboxylic acids is 1. The number of carboxylic acid groups (broad SMARTS) is 1. The van der Waals surface area contributed by atoms with Crippen molar-refractivity contribution < 1.29 is 18.3 Å². The molecule has 0 rings (SSSR count). The Morgan fingerprint density at radius 2 is 2.07 bits per heavy atom. The summed E-state index contributed by atoms with van der Waals surface area (Å²) in [6, 6.07) is -0.546. The summed E-state index contributed by atoms with van der Waals surface area (Å²) in [6.45, 7) is 1.86. The lowest BCUT2D eigenvalue weighted by Crippen LogP contribution is -2.42. The molecule has 0 aliphatic heterocycles. The van der Waals surface area contributed by atoms with E-state index in [-0.39, 0.29) is 6.42 Å². The Kier molecular flexibility index (Phi) is 5.66. The van der Waals surface area contributed by atoms with Crippen LogP contribution in [0.5, 0.6) is 0 Å². The minimum absolute atomic E-state index is 0.200. The average molecular weight is 224 g/mol. The molecule has 14 heavy (non-hydrogen) atoms. The summed E-state index contributed by atoms with van der Waals surface area (Å²) in [6.07, 6.45) is 1.03. The zero-order valence-corrected chi connectivity index (χ0v) is 9.10. The van der Waals surface area contributed by atoms with Crippen LogP contribution < -0.4 is 9.44 Å². The molecule has 0 aromatic carbocycles. The molecule has 0 aromatic rings. The molecule has 0 bridgehead atoms. The van der Waals surface area contributed by atoms with Gasteiger partial charge in [0.2, 0.25) is 0 Å². The predicted molar refractivity (Wildman–Crippen MR) is 52.1 cm³/mol. The zero-order chi connectivity index (χ0) is 11.2. The minimum atomic E-state index is -3.55. The Morgan fingerprint density at radius 1 is 1.50 bits per heavy atom. The molecule has 0 aliphatic rings. The van der Waals surface area contributed by atoms with Gasteiger partial charge in [0.25, 0.3) is 10.2 Å². The molecule has 0 aromatic heterocycles. The van der Waals surface area contributed by atoms with Gasteiger partial charge in [-0.05, 0) is 6.42 Å². The number of carboxylic acids is 1. The van der Waals surface area contributed by atoms with Crippen LogP contribution in [-0.4, -0.2) is 32.6 Å². The van der Waals surface area contributed by atoms with E-state index in [1.165, 1.54) is 7.05 Å². The van der Waals surface area contributed by atoms with Gasteiger partial charge in [-0.25, -0.2) is 4.72 Å². The number of nitrogens with one attached hydrogen (secondary N) is 2. The first-order chi connectivity index (χ1) is 6.41. The molecule has 0 heterocycles. The molecule has 0 fully saturated rings. The Bertz CT molecular complexity index is 275. The normalized spacial score (nSPS) is 13.9. The van der Waals surface area contributed by atoms with Crippen LogP contribution >= 0.6 is 0 Å². The molecule has 7 heteroatoms. The van der Waals surface area contributed by atoms with Crippen LogP contribution in [0.25, 0.3) is 0 Å². The van der Waals surface area contributed by atoms with Crippen LogP contribution in [0.1, 0.15) is 26.2 Å². The molecule has 84 valence electrons. The molecule has 0 spiro atoms. The van der Waals surface area contributed by atoms with E-state index in [0.29, 0.717) is 6.42 Å². The second-order valence-corrected chi connectivity index (χ2v) is 4.56. The maximum Gasteiger partial charge on any atom is 0.304 e. The summed E-state index contributed by atoms with van der Waals surface area (Å²) in [5.74, 6) is -1.01. The van der Waals surface area contributed by atoms with Crippen LogP contribution in [0.3, 0.4) is 0 Å². The number of rotatable bonds is 7. The summed E-state index contributed by atoms with van der Waals surface area (Å²) in [5.41, 5.74) is 0. The number of hydrogen-bond acceptors (Lipinski definition) is 3. The predicted octanol–water partition coefficient (Wildman–Crippen LogP) is -0.316. The highest BCUT2D eigenvalue weighted by Crippen LogP contribution is 2.02. The zero-order valence-electron chi connectivity index (χ0n) is 8.28. The molecule has 1 unspecified atom stereocenters. The maximum atomic E-state index is 11.1. The molecule has 0 radical (unpaired) electrons. The molecule has 6 nitrogen and oxygen atoms in total. The van der Waals surface area contributed by atoms with Crippen molar-refractivity contribution in [3.63, 3.8) is 0 Å². The van der Waals surface area contributed by atoms with Crippen LogP contribution in [0.2, 0.25) is 0 Å². The minimum Gasteiger partial charge on any atom is -0.481 e. The van der Waals surface area contributed by atoms with Crippen molar-refractivity contribution in [3.8, 4) is 0 Å². The van der Waals surface area contributed by atoms with E-state index in [2.05, 4.69) is 9.44 Å². The Labute approximate surface area is 83.9 Å². The SMILES string of the molecule is CCCC(CC(=O)O)NS(=O)(=O)NC. The summed E-state index contributed by atoms with van der Waals surface area (Å²) in [7, 11) is -2.28. The maximum absolute atomic E-state index is 11.1. The highest BCUT2D eigenvalue weighted by molar-refractivity contribution is 7.87. The highest BCUT2D eigenvalue weighted by atomic mass is 32.2. The summed E-state index contributed by atoms with van der Waals surface area (Å²) in [4.78, 5) is 10.4. The van der Waals surface area contributed by atoms with Crippen LogP contribution in [0.15, 0.2) is 0 Å². The Morgan fingerprint density at radius 3 is 2.43 bits per heavy atom. The third-order valence-electron chi connectivity index (χ3n) is 1.65. The van der Waals surface area contributed by atoms with Crippen molar-refractivity contribution in [2.45, 2.75) is 32.2 Å². The number of carbonyl (C=O) groups is 1. The summed E-state index contributed by atoms with van der Waals surface area (Å²) in [5, 5.41) is 8.52. The standard InChI is InChI=1S/C7H16N2O4S/c1-3-4-6(5-7(10)11)9-14(12,13)8-2/h6,8-9H,3-5H2,1-2H3,(H,10,11). The monoisotopic (exact) mass is 224 g/mol. The lowest BCUT2D eigenvalue weighted by atomic mass is 10.1. The van der Waals surface area contributed by atoms with Crippen LogP contribution in [-0.2, 0) is 15.0 Å². The van der Waals surface area contributed by atoms with Gasteiger partial charge < -0.3 is 5.11 Å². The topological polar surface area (TPSA) is 95.5 Å². The molecule has 1 atom stereocenters. The van der Waals surface area contributed by atoms with Gasteiger partial charge in [-0.2, -0.15) is 13.1 Å². The second kappa shape index (κ2) is 5.94. The van der Waals surface area contributed by atoms with Crippen molar-refractivity contribution in [1.29, 1.82) is 0 Å². The molecular formula is C7H16N2O4S. The van der Waals surface area contributed by atoms with Gasteiger partial charge in [0.1, 0.15) is 0 Å². The van der Waals surface area contributed by atoms with E-state index in [1.54, 1.807) is 0 Å². The van der Waals surface area contributed by atoms with E-state index in [4.69, 9.17) is 5.11 Å². The largest absolute Gasteiger partial charge is 0.481 e. The molecule has 0 amide bonds. The van der Waals surface area contributed by atoms with Crippen molar-refractivity contribution in [2.24, 2.45) is 0 Å². The van der Waals surface area contributed by atoms with Gasteiger partial charge in [-0.3, -0.25) is 4.79 Å². The lowest BCUT2D eigenvalue weighted by molar-refractivity contribution is -0.137. The second-order valence-electron chi connectivity index (χ2n) is 2.91. The summed E-state index contributed by atoms with van der Waals surface area (Å²) >= 11 is 0. The Balaban J connectivity index is 4.29. The molecule has 0 aliphatic carbocycles. The van der Waals surface area contributed by atoms with E-state index in [9.17, 15) is 13.2 Å². The van der Waals surface area contributed by atoms with Gasteiger partial charge in [0, 0.05) is 13.1 Å². The fourth-order valence-electron chi connectivity index (χ4n) is 1.04. The van der Waals surface area contributed by atoms with Crippen molar-refractivity contribution >= 4 is 16.2 Å². The molecule has 0 saturated carbocycles. The van der Waals surface area contributed by atoms with E-state index in [0.717, 1.165) is 6.42 Å². The lowest BCUT2D eigenvalue weighted by Gasteiger charge is -2.15. The van der Waals surface area contributed by atoms with Crippen LogP contribution in [0.4, 0.5) is 0 Å². The molecule has 3 N–H and O–H groups in total. The van der Waals surface area contributed by atoms with Crippen molar-refractivity contribution in [1.82, 2.24) is 9.44 Å². The first kappa shape index (κ1) is 13.3. The first-order valence-electron chi connectivity index (χ1n) is 4.34. The van der Waals surface area contributed by atoms with Crippen molar-refractivity contribution in [2.75, 3.05) is 7.05 Å². The van der Waals surface area contributed by atoms with Gasteiger partial charge in [0.05, 0.1) is 6.42 Å². The van der Waals surface area contributed by atoms with E-state index >= 15 is 0 Å². The average Bonchev–Trinajstić information content (AvgIpc) is 2.03. The van der Waals surface area contributed by atoms with E-state index in [1.807, 2.05) is 6.92 Å². The third kappa shape index (κ3) is 5.90. The third-order valence-corrected chi connectivity index (χ3v) is 2.83. The summed E-state index contributed by atoms with van der Waals surface area (Å²) < 4.78 is 26.4.